The van der Waals surface area contributed by atoms with Crippen LogP contribution in [0.25, 0.3) is 0 Å². The minimum absolute atomic E-state index is 0.140. The molecule has 1 saturated heterocycles. The van der Waals surface area contributed by atoms with Gasteiger partial charge in [0.25, 0.3) is 0 Å². The van der Waals surface area contributed by atoms with Gasteiger partial charge in [-0.1, -0.05) is 12.1 Å². The van der Waals surface area contributed by atoms with E-state index in [1.807, 2.05) is 0 Å². The van der Waals surface area contributed by atoms with Crippen LogP contribution in [0.15, 0.2) is 24.3 Å². The highest BCUT2D eigenvalue weighted by Crippen LogP contribution is 2.30. The van der Waals surface area contributed by atoms with Gasteiger partial charge in [-0.2, -0.15) is 0 Å². The SMILES string of the molecule is CC(=O)N[C@H]1[C@@H](Oc2ccccc2C=O)O[C@@H](COC(C)=O)[C@@H](OC(C)=O)[C@@H]1OC(C)=O. The predicted molar refractivity (Wildman–Crippen MR) is 106 cm³/mol. The van der Waals surface area contributed by atoms with Crippen LogP contribution in [0.1, 0.15) is 38.1 Å². The summed E-state index contributed by atoms with van der Waals surface area (Å²) in [6.07, 6.45) is -4.30. The van der Waals surface area contributed by atoms with E-state index in [-0.39, 0.29) is 17.9 Å². The smallest absolute Gasteiger partial charge is 0.303 e. The van der Waals surface area contributed by atoms with Crippen molar-refractivity contribution in [1.82, 2.24) is 5.32 Å². The average Bonchev–Trinajstić information content (AvgIpc) is 2.70. The van der Waals surface area contributed by atoms with E-state index in [0.29, 0.717) is 6.29 Å². The van der Waals surface area contributed by atoms with E-state index in [2.05, 4.69) is 5.32 Å². The summed E-state index contributed by atoms with van der Waals surface area (Å²) in [7, 11) is 0. The molecule has 174 valence electrons. The summed E-state index contributed by atoms with van der Waals surface area (Å²) in [4.78, 5) is 58.2. The molecule has 1 aliphatic rings. The van der Waals surface area contributed by atoms with Crippen LogP contribution in [0.3, 0.4) is 0 Å². The Morgan fingerprint density at radius 2 is 1.59 bits per heavy atom. The molecule has 1 amide bonds. The number of esters is 3. The highest BCUT2D eigenvalue weighted by molar-refractivity contribution is 5.79. The lowest BCUT2D eigenvalue weighted by atomic mass is 9.96. The van der Waals surface area contributed by atoms with Crippen molar-refractivity contribution in [2.75, 3.05) is 6.61 Å². The van der Waals surface area contributed by atoms with Gasteiger partial charge >= 0.3 is 17.9 Å². The highest BCUT2D eigenvalue weighted by Gasteiger charge is 2.52. The standard InChI is InChI=1S/C21H25NO10/c1-11(24)22-18-20(30-14(4)27)19(29-13(3)26)17(10-28-12(2)25)32-21(18)31-16-8-6-5-7-15(16)9-23/h5-9,17-21H,10H2,1-4H3,(H,22,24)/t17-,18+,19+,20+,21-/m0/s1. The van der Waals surface area contributed by atoms with E-state index in [0.717, 1.165) is 13.8 Å². The molecule has 1 aliphatic heterocycles. The molecular formula is C21H25NO10. The lowest BCUT2D eigenvalue weighted by molar-refractivity contribution is -0.257. The second-order valence-electron chi connectivity index (χ2n) is 6.99. The van der Waals surface area contributed by atoms with Gasteiger partial charge in [0.1, 0.15) is 24.5 Å². The van der Waals surface area contributed by atoms with Crippen molar-refractivity contribution in [2.24, 2.45) is 0 Å². The Hall–Kier alpha value is -3.47. The third-order valence-electron chi connectivity index (χ3n) is 4.36. The molecule has 0 spiro atoms. The van der Waals surface area contributed by atoms with Crippen LogP contribution in [-0.4, -0.2) is 67.4 Å². The molecule has 1 fully saturated rings. The Kier molecular flexibility index (Phi) is 8.71. The van der Waals surface area contributed by atoms with Crippen LogP contribution in [0.5, 0.6) is 5.75 Å². The molecule has 0 unspecified atom stereocenters. The lowest BCUT2D eigenvalue weighted by Gasteiger charge is -2.44. The number of ether oxygens (including phenoxy) is 5. The highest BCUT2D eigenvalue weighted by atomic mass is 16.7. The summed E-state index contributed by atoms with van der Waals surface area (Å²) in [5.74, 6) is -2.42. The van der Waals surface area contributed by atoms with E-state index in [1.165, 1.54) is 26.0 Å². The molecule has 11 nitrogen and oxygen atoms in total. The average molecular weight is 451 g/mol. The minimum Gasteiger partial charge on any atom is -0.463 e. The molecule has 32 heavy (non-hydrogen) atoms. The van der Waals surface area contributed by atoms with E-state index in [4.69, 9.17) is 23.7 Å². The van der Waals surface area contributed by atoms with Crippen LogP contribution in [-0.2, 0) is 38.1 Å². The third-order valence-corrected chi connectivity index (χ3v) is 4.36. The number of carbonyl (C=O) groups is 5. The molecular weight excluding hydrogens is 426 g/mol. The van der Waals surface area contributed by atoms with Crippen LogP contribution in [0, 0.1) is 0 Å². The molecule has 1 aromatic carbocycles. The summed E-state index contributed by atoms with van der Waals surface area (Å²) in [6.45, 7) is 4.34. The Bertz CT molecular complexity index is 870. The number of hydrogen-bond donors (Lipinski definition) is 1. The minimum atomic E-state index is -1.29. The molecule has 11 heteroatoms. The fraction of sp³-hybridized carbons (Fsp3) is 0.476. The van der Waals surface area contributed by atoms with Gasteiger partial charge in [-0.25, -0.2) is 0 Å². The van der Waals surface area contributed by atoms with Crippen molar-refractivity contribution in [3.63, 3.8) is 0 Å². The Morgan fingerprint density at radius 3 is 2.16 bits per heavy atom. The Balaban J connectivity index is 2.49. The third kappa shape index (κ3) is 6.77. The summed E-state index contributed by atoms with van der Waals surface area (Å²) in [6, 6.07) is 5.15. The predicted octanol–water partition coefficient (Wildman–Crippen LogP) is 0.534. The summed E-state index contributed by atoms with van der Waals surface area (Å²) < 4.78 is 27.4. The molecule has 5 atom stereocenters. The zero-order valence-electron chi connectivity index (χ0n) is 18.1. The van der Waals surface area contributed by atoms with Crippen LogP contribution in [0.2, 0.25) is 0 Å². The topological polar surface area (TPSA) is 144 Å². The number of aldehydes is 1. The van der Waals surface area contributed by atoms with Crippen molar-refractivity contribution in [2.45, 2.75) is 58.3 Å². The Morgan fingerprint density at radius 1 is 0.969 bits per heavy atom. The number of rotatable bonds is 8. The van der Waals surface area contributed by atoms with Gasteiger partial charge in [0.05, 0.1) is 5.56 Å². The van der Waals surface area contributed by atoms with Crippen LogP contribution in [0.4, 0.5) is 0 Å². The lowest BCUT2D eigenvalue weighted by Crippen LogP contribution is -2.67. The van der Waals surface area contributed by atoms with Gasteiger partial charge in [0.2, 0.25) is 12.2 Å². The van der Waals surface area contributed by atoms with Gasteiger partial charge in [-0.15, -0.1) is 0 Å². The molecule has 2 rings (SSSR count). The fourth-order valence-electron chi connectivity index (χ4n) is 3.20. The summed E-state index contributed by atoms with van der Waals surface area (Å²) in [5, 5.41) is 2.58. The van der Waals surface area contributed by atoms with E-state index < -0.39 is 54.5 Å². The molecule has 1 heterocycles. The van der Waals surface area contributed by atoms with Gasteiger partial charge < -0.3 is 29.0 Å². The number of carbonyl (C=O) groups excluding carboxylic acids is 5. The number of amides is 1. The first-order chi connectivity index (χ1) is 15.1. The second-order valence-corrected chi connectivity index (χ2v) is 6.99. The van der Waals surface area contributed by atoms with Crippen molar-refractivity contribution in [1.29, 1.82) is 0 Å². The van der Waals surface area contributed by atoms with Crippen molar-refractivity contribution in [3.8, 4) is 5.75 Å². The molecule has 0 aromatic heterocycles. The molecule has 0 radical (unpaired) electrons. The van der Waals surface area contributed by atoms with E-state index >= 15 is 0 Å². The van der Waals surface area contributed by atoms with Crippen LogP contribution < -0.4 is 10.1 Å². The first-order valence-electron chi connectivity index (χ1n) is 9.73. The maximum absolute atomic E-state index is 11.9. The number of nitrogens with one attached hydrogen (secondary N) is 1. The van der Waals surface area contributed by atoms with Gasteiger partial charge in [-0.05, 0) is 12.1 Å². The molecule has 1 aromatic rings. The van der Waals surface area contributed by atoms with Gasteiger partial charge in [0, 0.05) is 27.7 Å². The second kappa shape index (κ2) is 11.2. The van der Waals surface area contributed by atoms with Crippen molar-refractivity contribution in [3.05, 3.63) is 29.8 Å². The zero-order valence-corrected chi connectivity index (χ0v) is 18.1. The van der Waals surface area contributed by atoms with Gasteiger partial charge in [-0.3, -0.25) is 24.0 Å². The number of benzene rings is 1. The fourth-order valence-corrected chi connectivity index (χ4v) is 3.20. The Labute approximate surface area is 184 Å². The first-order valence-corrected chi connectivity index (χ1v) is 9.73. The monoisotopic (exact) mass is 451 g/mol. The zero-order chi connectivity index (χ0) is 23.8. The number of para-hydroxylation sites is 1. The molecule has 0 saturated carbocycles. The maximum atomic E-state index is 11.9. The largest absolute Gasteiger partial charge is 0.463 e. The molecule has 0 bridgehead atoms. The van der Waals surface area contributed by atoms with E-state index in [9.17, 15) is 24.0 Å². The summed E-state index contributed by atoms with van der Waals surface area (Å²) in [5.41, 5.74) is 0.209. The number of hydrogen-bond acceptors (Lipinski definition) is 10. The summed E-state index contributed by atoms with van der Waals surface area (Å²) >= 11 is 0. The van der Waals surface area contributed by atoms with Crippen molar-refractivity contribution < 1.29 is 47.7 Å². The van der Waals surface area contributed by atoms with E-state index in [1.54, 1.807) is 12.1 Å². The van der Waals surface area contributed by atoms with Crippen LogP contribution >= 0.6 is 0 Å². The molecule has 0 aliphatic carbocycles. The molecule has 1 N–H and O–H groups in total. The first kappa shape index (κ1) is 24.8. The quantitative estimate of drug-likeness (QED) is 0.338. The van der Waals surface area contributed by atoms with Crippen molar-refractivity contribution >= 4 is 30.1 Å². The normalized spacial score (nSPS) is 24.6. The maximum Gasteiger partial charge on any atom is 0.303 e. The van der Waals surface area contributed by atoms with Gasteiger partial charge in [0.15, 0.2) is 18.5 Å².